The van der Waals surface area contributed by atoms with E-state index in [1.165, 1.54) is 18.4 Å². The SMILES string of the molecule is CNC(=O)C(C)Cc1noc2c1CCCC2. The van der Waals surface area contributed by atoms with Crippen LogP contribution in [0.15, 0.2) is 4.52 Å². The first-order chi connectivity index (χ1) is 7.72. The van der Waals surface area contributed by atoms with Crippen molar-refractivity contribution < 1.29 is 9.32 Å². The molecule has 0 saturated carbocycles. The van der Waals surface area contributed by atoms with Crippen LogP contribution < -0.4 is 5.32 Å². The molecule has 4 nitrogen and oxygen atoms in total. The van der Waals surface area contributed by atoms with Crippen molar-refractivity contribution in [1.29, 1.82) is 0 Å². The highest BCUT2D eigenvalue weighted by Crippen LogP contribution is 2.25. The summed E-state index contributed by atoms with van der Waals surface area (Å²) < 4.78 is 5.32. The van der Waals surface area contributed by atoms with E-state index in [2.05, 4.69) is 10.5 Å². The molecule has 0 saturated heterocycles. The highest BCUT2D eigenvalue weighted by atomic mass is 16.5. The second-order valence-corrected chi connectivity index (χ2v) is 4.46. The predicted octanol–water partition coefficient (Wildman–Crippen LogP) is 1.48. The molecular weight excluding hydrogens is 204 g/mol. The molecule has 0 spiro atoms. The van der Waals surface area contributed by atoms with E-state index in [0.717, 1.165) is 24.3 Å². The van der Waals surface area contributed by atoms with Gasteiger partial charge in [-0.05, 0) is 19.3 Å². The summed E-state index contributed by atoms with van der Waals surface area (Å²) in [6.07, 6.45) is 5.12. The Hall–Kier alpha value is -1.32. The lowest BCUT2D eigenvalue weighted by atomic mass is 9.93. The predicted molar refractivity (Wildman–Crippen MR) is 60.1 cm³/mol. The quantitative estimate of drug-likeness (QED) is 0.842. The molecule has 0 bridgehead atoms. The average Bonchev–Trinajstić information content (AvgIpc) is 2.72. The zero-order valence-corrected chi connectivity index (χ0v) is 9.88. The molecule has 88 valence electrons. The van der Waals surface area contributed by atoms with E-state index in [9.17, 15) is 4.79 Å². The van der Waals surface area contributed by atoms with Gasteiger partial charge in [-0.2, -0.15) is 0 Å². The van der Waals surface area contributed by atoms with Crippen LogP contribution in [-0.4, -0.2) is 18.1 Å². The fraction of sp³-hybridized carbons (Fsp3) is 0.667. The summed E-state index contributed by atoms with van der Waals surface area (Å²) in [6.45, 7) is 1.92. The lowest BCUT2D eigenvalue weighted by Gasteiger charge is -2.11. The Balaban J connectivity index is 2.10. The maximum absolute atomic E-state index is 11.4. The van der Waals surface area contributed by atoms with Gasteiger partial charge in [-0.1, -0.05) is 12.1 Å². The minimum Gasteiger partial charge on any atom is -0.361 e. The Morgan fingerprint density at radius 2 is 2.25 bits per heavy atom. The summed E-state index contributed by atoms with van der Waals surface area (Å²) in [5.74, 6) is 1.05. The Morgan fingerprint density at radius 3 is 3.00 bits per heavy atom. The number of nitrogens with zero attached hydrogens (tertiary/aromatic N) is 1. The monoisotopic (exact) mass is 222 g/mol. The molecule has 2 rings (SSSR count). The first-order valence-electron chi connectivity index (χ1n) is 5.90. The lowest BCUT2D eigenvalue weighted by molar-refractivity contribution is -0.123. The first kappa shape index (κ1) is 11.2. The Bertz CT molecular complexity index is 384. The van der Waals surface area contributed by atoms with Gasteiger partial charge in [-0.15, -0.1) is 0 Å². The van der Waals surface area contributed by atoms with Crippen LogP contribution in [0.5, 0.6) is 0 Å². The number of rotatable bonds is 3. The average molecular weight is 222 g/mol. The van der Waals surface area contributed by atoms with Crippen LogP contribution in [0, 0.1) is 5.92 Å². The van der Waals surface area contributed by atoms with Crippen molar-refractivity contribution in [2.75, 3.05) is 7.05 Å². The number of amides is 1. The van der Waals surface area contributed by atoms with Gasteiger partial charge < -0.3 is 9.84 Å². The molecule has 4 heteroatoms. The largest absolute Gasteiger partial charge is 0.361 e. The fourth-order valence-corrected chi connectivity index (χ4v) is 2.24. The number of hydrogen-bond donors (Lipinski definition) is 1. The van der Waals surface area contributed by atoms with Gasteiger partial charge in [0.15, 0.2) is 0 Å². The van der Waals surface area contributed by atoms with E-state index in [-0.39, 0.29) is 11.8 Å². The summed E-state index contributed by atoms with van der Waals surface area (Å²) in [7, 11) is 1.66. The second kappa shape index (κ2) is 4.68. The number of nitrogens with one attached hydrogen (secondary N) is 1. The Labute approximate surface area is 95.4 Å². The molecule has 1 atom stereocenters. The van der Waals surface area contributed by atoms with Gasteiger partial charge in [0.1, 0.15) is 5.76 Å². The van der Waals surface area contributed by atoms with Crippen LogP contribution >= 0.6 is 0 Å². The van der Waals surface area contributed by atoms with Crippen LogP contribution in [0.3, 0.4) is 0 Å². The molecule has 1 heterocycles. The molecule has 16 heavy (non-hydrogen) atoms. The van der Waals surface area contributed by atoms with Gasteiger partial charge in [0.2, 0.25) is 5.91 Å². The molecule has 1 amide bonds. The van der Waals surface area contributed by atoms with Gasteiger partial charge in [0.25, 0.3) is 0 Å². The van der Waals surface area contributed by atoms with Crippen LogP contribution in [0.2, 0.25) is 0 Å². The normalized spacial score (nSPS) is 16.6. The molecular formula is C12H18N2O2. The second-order valence-electron chi connectivity index (χ2n) is 4.46. The summed E-state index contributed by atoms with van der Waals surface area (Å²) >= 11 is 0. The highest BCUT2D eigenvalue weighted by molar-refractivity contribution is 5.78. The number of aryl methyl sites for hydroxylation is 1. The van der Waals surface area contributed by atoms with Crippen LogP contribution in [0.4, 0.5) is 0 Å². The molecule has 1 unspecified atom stereocenters. The topological polar surface area (TPSA) is 55.1 Å². The van der Waals surface area contributed by atoms with E-state index in [1.807, 2.05) is 6.92 Å². The third-order valence-electron chi connectivity index (χ3n) is 3.23. The summed E-state index contributed by atoms with van der Waals surface area (Å²) in [5.41, 5.74) is 2.23. The van der Waals surface area contributed by atoms with Crippen molar-refractivity contribution in [1.82, 2.24) is 10.5 Å². The van der Waals surface area contributed by atoms with E-state index in [0.29, 0.717) is 6.42 Å². The van der Waals surface area contributed by atoms with Gasteiger partial charge >= 0.3 is 0 Å². The van der Waals surface area contributed by atoms with Gasteiger partial charge in [-0.3, -0.25) is 4.79 Å². The van der Waals surface area contributed by atoms with Crippen LogP contribution in [0.1, 0.15) is 36.8 Å². The van der Waals surface area contributed by atoms with Crippen molar-refractivity contribution >= 4 is 5.91 Å². The summed E-state index contributed by atoms with van der Waals surface area (Å²) in [4.78, 5) is 11.4. The lowest BCUT2D eigenvalue weighted by Crippen LogP contribution is -2.27. The molecule has 1 aromatic heterocycles. The fourth-order valence-electron chi connectivity index (χ4n) is 2.24. The Kier molecular flexibility index (Phi) is 3.27. The van der Waals surface area contributed by atoms with E-state index >= 15 is 0 Å². The minimum atomic E-state index is -0.0406. The molecule has 1 aromatic rings. The van der Waals surface area contributed by atoms with Gasteiger partial charge in [-0.25, -0.2) is 0 Å². The first-order valence-corrected chi connectivity index (χ1v) is 5.90. The third-order valence-corrected chi connectivity index (χ3v) is 3.23. The van der Waals surface area contributed by atoms with E-state index < -0.39 is 0 Å². The third kappa shape index (κ3) is 2.10. The smallest absolute Gasteiger partial charge is 0.222 e. The summed E-state index contributed by atoms with van der Waals surface area (Å²) in [6, 6.07) is 0. The number of carbonyl (C=O) groups excluding carboxylic acids is 1. The maximum Gasteiger partial charge on any atom is 0.222 e. The molecule has 1 aliphatic carbocycles. The highest BCUT2D eigenvalue weighted by Gasteiger charge is 2.22. The van der Waals surface area contributed by atoms with E-state index in [4.69, 9.17) is 4.52 Å². The van der Waals surface area contributed by atoms with Crippen molar-refractivity contribution in [3.8, 4) is 0 Å². The molecule has 1 N–H and O–H groups in total. The molecule has 0 aromatic carbocycles. The molecule has 0 radical (unpaired) electrons. The number of carbonyl (C=O) groups is 1. The van der Waals surface area contributed by atoms with Gasteiger partial charge in [0.05, 0.1) is 5.69 Å². The molecule has 0 fully saturated rings. The number of fused-ring (bicyclic) bond motifs is 1. The van der Waals surface area contributed by atoms with Crippen molar-refractivity contribution in [3.63, 3.8) is 0 Å². The molecule has 0 aliphatic heterocycles. The zero-order valence-electron chi connectivity index (χ0n) is 9.88. The van der Waals surface area contributed by atoms with Crippen LogP contribution in [-0.2, 0) is 24.1 Å². The van der Waals surface area contributed by atoms with Gasteiger partial charge in [0, 0.05) is 31.4 Å². The standard InChI is InChI=1S/C12H18N2O2/c1-8(12(15)13-2)7-10-9-5-3-4-6-11(9)16-14-10/h8H,3-7H2,1-2H3,(H,13,15). The zero-order chi connectivity index (χ0) is 11.5. The number of aromatic nitrogens is 1. The number of hydrogen-bond acceptors (Lipinski definition) is 3. The molecule has 1 aliphatic rings. The van der Waals surface area contributed by atoms with E-state index in [1.54, 1.807) is 7.05 Å². The van der Waals surface area contributed by atoms with Crippen molar-refractivity contribution in [2.45, 2.75) is 39.0 Å². The maximum atomic E-state index is 11.4. The van der Waals surface area contributed by atoms with Crippen molar-refractivity contribution in [3.05, 3.63) is 17.0 Å². The van der Waals surface area contributed by atoms with Crippen LogP contribution in [0.25, 0.3) is 0 Å². The Morgan fingerprint density at radius 1 is 1.50 bits per heavy atom. The van der Waals surface area contributed by atoms with Crippen molar-refractivity contribution in [2.24, 2.45) is 5.92 Å². The minimum absolute atomic E-state index is 0.0406. The summed E-state index contributed by atoms with van der Waals surface area (Å²) in [5, 5.41) is 6.76.